The van der Waals surface area contributed by atoms with E-state index in [0.717, 1.165) is 0 Å². The molecule has 88 valence electrons. The molecule has 15 heavy (non-hydrogen) atoms. The van der Waals surface area contributed by atoms with Crippen molar-refractivity contribution in [2.45, 2.75) is 59.3 Å². The Kier molecular flexibility index (Phi) is 6.17. The lowest BCUT2D eigenvalue weighted by molar-refractivity contribution is -0.142. The number of ether oxygens (including phenoxy) is 1. The molecule has 1 N–H and O–H groups in total. The van der Waals surface area contributed by atoms with Crippen LogP contribution in [0.1, 0.15) is 41.0 Å². The average molecular weight is 215 g/mol. The Hall–Kier alpha value is -0.900. The molecular formula is C11H21NO3. The van der Waals surface area contributed by atoms with Gasteiger partial charge in [0.1, 0.15) is 12.2 Å². The van der Waals surface area contributed by atoms with Crippen LogP contribution in [0.25, 0.3) is 0 Å². The Morgan fingerprint density at radius 2 is 1.80 bits per heavy atom. The molecule has 2 atom stereocenters. The smallest absolute Gasteiger partial charge is 0.249 e. The van der Waals surface area contributed by atoms with Gasteiger partial charge >= 0.3 is 0 Å². The zero-order valence-corrected chi connectivity index (χ0v) is 10.2. The van der Waals surface area contributed by atoms with Gasteiger partial charge in [0.25, 0.3) is 0 Å². The Morgan fingerprint density at radius 3 is 2.13 bits per heavy atom. The molecule has 1 amide bonds. The Morgan fingerprint density at radius 1 is 1.27 bits per heavy atom. The number of nitrogens with one attached hydrogen (secondary N) is 1. The summed E-state index contributed by atoms with van der Waals surface area (Å²) < 4.78 is 5.36. The second kappa shape index (κ2) is 6.56. The van der Waals surface area contributed by atoms with Crippen molar-refractivity contribution >= 4 is 11.7 Å². The lowest BCUT2D eigenvalue weighted by Gasteiger charge is -2.19. The first kappa shape index (κ1) is 14.1. The van der Waals surface area contributed by atoms with Crippen LogP contribution in [0.2, 0.25) is 0 Å². The highest BCUT2D eigenvalue weighted by Gasteiger charge is 2.21. The number of carbonyl (C=O) groups is 2. The molecule has 0 aromatic carbocycles. The molecule has 0 aromatic rings. The van der Waals surface area contributed by atoms with Gasteiger partial charge in [0.05, 0.1) is 0 Å². The lowest BCUT2D eigenvalue weighted by Crippen LogP contribution is -2.41. The first-order chi connectivity index (χ1) is 6.88. The van der Waals surface area contributed by atoms with E-state index in [-0.39, 0.29) is 17.7 Å². The fourth-order valence-electron chi connectivity index (χ4n) is 1.19. The summed E-state index contributed by atoms with van der Waals surface area (Å²) in [7, 11) is 0. The summed E-state index contributed by atoms with van der Waals surface area (Å²) in [6.45, 7) is 8.75. The standard InChI is InChI=1S/C11H21NO3/c1-6-10(8(4)13)15-9(5)11(14)12-7(2)3/h7,9-10H,6H2,1-5H3,(H,12,14). The van der Waals surface area contributed by atoms with Gasteiger partial charge in [-0.15, -0.1) is 0 Å². The van der Waals surface area contributed by atoms with Crippen molar-refractivity contribution in [1.82, 2.24) is 5.32 Å². The fraction of sp³-hybridized carbons (Fsp3) is 0.818. The summed E-state index contributed by atoms with van der Waals surface area (Å²) in [5, 5.41) is 2.74. The third kappa shape index (κ3) is 5.52. The topological polar surface area (TPSA) is 55.4 Å². The zero-order chi connectivity index (χ0) is 12.0. The summed E-state index contributed by atoms with van der Waals surface area (Å²) in [6.07, 6.45) is -0.464. The maximum Gasteiger partial charge on any atom is 0.249 e. The second-order valence-corrected chi connectivity index (χ2v) is 3.95. The number of hydrogen-bond donors (Lipinski definition) is 1. The van der Waals surface area contributed by atoms with Gasteiger partial charge in [0.15, 0.2) is 5.78 Å². The number of ketones is 1. The largest absolute Gasteiger partial charge is 0.358 e. The molecule has 4 nitrogen and oxygen atoms in total. The van der Waals surface area contributed by atoms with Crippen LogP contribution in [-0.4, -0.2) is 29.9 Å². The minimum absolute atomic E-state index is 0.0401. The summed E-state index contributed by atoms with van der Waals surface area (Å²) in [4.78, 5) is 22.6. The quantitative estimate of drug-likeness (QED) is 0.726. The van der Waals surface area contributed by atoms with Crippen LogP contribution in [0.5, 0.6) is 0 Å². The van der Waals surface area contributed by atoms with Gasteiger partial charge in [-0.05, 0) is 34.1 Å². The van der Waals surface area contributed by atoms with Crippen LogP contribution in [0.4, 0.5) is 0 Å². The molecule has 0 spiro atoms. The molecule has 2 unspecified atom stereocenters. The Balaban J connectivity index is 4.15. The van der Waals surface area contributed by atoms with Crippen molar-refractivity contribution in [3.05, 3.63) is 0 Å². The van der Waals surface area contributed by atoms with E-state index in [1.165, 1.54) is 6.92 Å². The van der Waals surface area contributed by atoms with Gasteiger partial charge in [-0.3, -0.25) is 9.59 Å². The molecule has 0 rings (SSSR count). The molecule has 0 aromatic heterocycles. The number of rotatable bonds is 6. The third-order valence-electron chi connectivity index (χ3n) is 1.99. The highest BCUT2D eigenvalue weighted by molar-refractivity contribution is 5.83. The summed E-state index contributed by atoms with van der Waals surface area (Å²) in [5.74, 6) is -0.216. The predicted molar refractivity (Wildman–Crippen MR) is 58.6 cm³/mol. The summed E-state index contributed by atoms with van der Waals surface area (Å²) in [5.41, 5.74) is 0. The molecule has 0 saturated heterocycles. The highest BCUT2D eigenvalue weighted by Crippen LogP contribution is 2.04. The maximum absolute atomic E-state index is 11.5. The van der Waals surface area contributed by atoms with Crippen LogP contribution in [0.3, 0.4) is 0 Å². The van der Waals surface area contributed by atoms with Crippen molar-refractivity contribution in [3.8, 4) is 0 Å². The van der Waals surface area contributed by atoms with Crippen molar-refractivity contribution in [2.24, 2.45) is 0 Å². The van der Waals surface area contributed by atoms with Crippen molar-refractivity contribution in [2.75, 3.05) is 0 Å². The van der Waals surface area contributed by atoms with Gasteiger partial charge in [-0.1, -0.05) is 6.92 Å². The third-order valence-corrected chi connectivity index (χ3v) is 1.99. The van der Waals surface area contributed by atoms with Gasteiger partial charge < -0.3 is 10.1 Å². The van der Waals surface area contributed by atoms with E-state index in [0.29, 0.717) is 6.42 Å². The van der Waals surface area contributed by atoms with Crippen LogP contribution in [0.15, 0.2) is 0 Å². The minimum Gasteiger partial charge on any atom is -0.358 e. The van der Waals surface area contributed by atoms with E-state index in [2.05, 4.69) is 5.32 Å². The number of carbonyl (C=O) groups excluding carboxylic acids is 2. The second-order valence-electron chi connectivity index (χ2n) is 3.95. The van der Waals surface area contributed by atoms with Crippen LogP contribution in [0, 0.1) is 0 Å². The van der Waals surface area contributed by atoms with E-state index in [1.54, 1.807) is 6.92 Å². The first-order valence-corrected chi connectivity index (χ1v) is 5.34. The Labute approximate surface area is 91.4 Å². The highest BCUT2D eigenvalue weighted by atomic mass is 16.5. The molecule has 0 radical (unpaired) electrons. The number of amides is 1. The average Bonchev–Trinajstić information content (AvgIpc) is 2.11. The monoisotopic (exact) mass is 215 g/mol. The first-order valence-electron chi connectivity index (χ1n) is 5.34. The number of hydrogen-bond acceptors (Lipinski definition) is 3. The van der Waals surface area contributed by atoms with Gasteiger partial charge in [-0.25, -0.2) is 0 Å². The molecule has 0 heterocycles. The van der Waals surface area contributed by atoms with Crippen molar-refractivity contribution in [1.29, 1.82) is 0 Å². The van der Waals surface area contributed by atoms with Gasteiger partial charge in [0, 0.05) is 6.04 Å². The van der Waals surface area contributed by atoms with E-state index >= 15 is 0 Å². The molecule has 0 aliphatic heterocycles. The van der Waals surface area contributed by atoms with Crippen molar-refractivity contribution < 1.29 is 14.3 Å². The molecule has 0 bridgehead atoms. The number of Topliss-reactive ketones (excluding diaryl/α,β-unsaturated/α-hetero) is 1. The maximum atomic E-state index is 11.5. The molecular weight excluding hydrogens is 194 g/mol. The summed E-state index contributed by atoms with van der Waals surface area (Å²) in [6, 6.07) is 0.0842. The van der Waals surface area contributed by atoms with E-state index in [1.807, 2.05) is 20.8 Å². The lowest BCUT2D eigenvalue weighted by atomic mass is 10.2. The van der Waals surface area contributed by atoms with E-state index < -0.39 is 12.2 Å². The molecule has 0 aliphatic carbocycles. The van der Waals surface area contributed by atoms with Crippen molar-refractivity contribution in [3.63, 3.8) is 0 Å². The molecule has 0 aliphatic rings. The SMILES string of the molecule is CCC(OC(C)C(=O)NC(C)C)C(C)=O. The predicted octanol–water partition coefficient (Wildman–Crippen LogP) is 1.28. The molecule has 4 heteroatoms. The molecule has 0 saturated carbocycles. The fourth-order valence-corrected chi connectivity index (χ4v) is 1.19. The molecule has 0 fully saturated rings. The van der Waals surface area contributed by atoms with Crippen LogP contribution < -0.4 is 5.32 Å². The summed E-state index contributed by atoms with van der Waals surface area (Å²) >= 11 is 0. The van der Waals surface area contributed by atoms with Gasteiger partial charge in [-0.2, -0.15) is 0 Å². The van der Waals surface area contributed by atoms with Crippen LogP contribution >= 0.6 is 0 Å². The van der Waals surface area contributed by atoms with Crippen LogP contribution in [-0.2, 0) is 14.3 Å². The minimum atomic E-state index is -0.582. The van der Waals surface area contributed by atoms with E-state index in [9.17, 15) is 9.59 Å². The zero-order valence-electron chi connectivity index (χ0n) is 10.2. The Bertz CT molecular complexity index is 226. The normalized spacial score (nSPS) is 14.8. The van der Waals surface area contributed by atoms with E-state index in [4.69, 9.17) is 4.74 Å². The van der Waals surface area contributed by atoms with Gasteiger partial charge in [0.2, 0.25) is 5.91 Å².